The molecule has 94 valence electrons. The van der Waals surface area contributed by atoms with Gasteiger partial charge in [0.2, 0.25) is 12.3 Å². The number of carbonyl (C=O) groups excluding carboxylic acids is 1. The first kappa shape index (κ1) is 13.5. The Kier molecular flexibility index (Phi) is 4.74. The summed E-state index contributed by atoms with van der Waals surface area (Å²) in [6, 6.07) is 0. The molecule has 0 aromatic heterocycles. The van der Waals surface area contributed by atoms with Crippen LogP contribution in [0.4, 0.5) is 0 Å². The minimum atomic E-state index is -0.590. The predicted octanol–water partition coefficient (Wildman–Crippen LogP) is 1.89. The maximum absolute atomic E-state index is 11.7. The van der Waals surface area contributed by atoms with Gasteiger partial charge in [-0.25, -0.2) is 0 Å². The van der Waals surface area contributed by atoms with E-state index in [2.05, 4.69) is 19.2 Å². The molecular formula is C12H23NO3. The average molecular weight is 229 g/mol. The molecule has 4 heteroatoms. The zero-order chi connectivity index (χ0) is 12.3. The number of hydrogen-bond donors (Lipinski definition) is 1. The molecule has 16 heavy (non-hydrogen) atoms. The Hall–Kier alpha value is -0.610. The summed E-state index contributed by atoms with van der Waals surface area (Å²) in [5, 5.41) is 2.72. The van der Waals surface area contributed by atoms with Gasteiger partial charge in [-0.05, 0) is 26.2 Å². The number of rotatable bonds is 4. The van der Waals surface area contributed by atoms with Gasteiger partial charge in [0, 0.05) is 0 Å². The Bertz CT molecular complexity index is 240. The third-order valence-corrected chi connectivity index (χ3v) is 2.63. The second kappa shape index (κ2) is 5.64. The minimum absolute atomic E-state index is 0.0163. The van der Waals surface area contributed by atoms with Crippen LogP contribution in [0.5, 0.6) is 0 Å². The van der Waals surface area contributed by atoms with E-state index in [1.807, 2.05) is 20.8 Å². The van der Waals surface area contributed by atoms with Crippen molar-refractivity contribution in [1.82, 2.24) is 5.32 Å². The van der Waals surface area contributed by atoms with Crippen LogP contribution >= 0.6 is 0 Å². The van der Waals surface area contributed by atoms with Crippen LogP contribution in [0.25, 0.3) is 0 Å². The highest BCUT2D eigenvalue weighted by Gasteiger charge is 2.35. The number of amides is 1. The van der Waals surface area contributed by atoms with Crippen molar-refractivity contribution >= 4 is 5.91 Å². The Balaban J connectivity index is 2.58. The maximum atomic E-state index is 11.7. The van der Waals surface area contributed by atoms with Crippen molar-refractivity contribution in [2.24, 2.45) is 11.8 Å². The summed E-state index contributed by atoms with van der Waals surface area (Å²) in [5.74, 6) is 0.426. The largest absolute Gasteiger partial charge is 0.333 e. The van der Waals surface area contributed by atoms with E-state index in [4.69, 9.17) is 9.47 Å². The van der Waals surface area contributed by atoms with E-state index in [0.717, 1.165) is 6.42 Å². The van der Waals surface area contributed by atoms with Gasteiger partial charge in [-0.2, -0.15) is 0 Å². The van der Waals surface area contributed by atoms with Crippen molar-refractivity contribution in [3.05, 3.63) is 0 Å². The third-order valence-electron chi connectivity index (χ3n) is 2.63. The van der Waals surface area contributed by atoms with Gasteiger partial charge in [0.25, 0.3) is 0 Å². The van der Waals surface area contributed by atoms with Crippen LogP contribution in [0, 0.1) is 11.8 Å². The number of carbonyl (C=O) groups is 1. The molecule has 1 N–H and O–H groups in total. The molecule has 1 rings (SSSR count). The monoisotopic (exact) mass is 229 g/mol. The summed E-state index contributed by atoms with van der Waals surface area (Å²) >= 11 is 0. The van der Waals surface area contributed by atoms with Crippen molar-refractivity contribution in [2.75, 3.05) is 0 Å². The van der Waals surface area contributed by atoms with Crippen molar-refractivity contribution < 1.29 is 14.3 Å². The molecule has 1 saturated heterocycles. The first-order valence-corrected chi connectivity index (χ1v) is 6.01. The van der Waals surface area contributed by atoms with Gasteiger partial charge in [0.15, 0.2) is 0 Å². The predicted molar refractivity (Wildman–Crippen MR) is 61.6 cm³/mol. The molecule has 4 nitrogen and oxygen atoms in total. The smallest absolute Gasteiger partial charge is 0.240 e. The second-order valence-electron chi connectivity index (χ2n) is 5.12. The summed E-state index contributed by atoms with van der Waals surface area (Å²) in [6.07, 6.45) is 0.287. The maximum Gasteiger partial charge on any atom is 0.240 e. The molecule has 0 aliphatic carbocycles. The quantitative estimate of drug-likeness (QED) is 0.801. The highest BCUT2D eigenvalue weighted by atomic mass is 16.7. The number of ether oxygens (including phenoxy) is 2. The summed E-state index contributed by atoms with van der Waals surface area (Å²) in [4.78, 5) is 11.7. The van der Waals surface area contributed by atoms with Crippen LogP contribution in [0.15, 0.2) is 0 Å². The fraction of sp³-hybridized carbons (Fsp3) is 0.917. The summed E-state index contributed by atoms with van der Waals surface area (Å²) in [6.45, 7) is 9.99. The molecule has 0 bridgehead atoms. The van der Waals surface area contributed by atoms with Crippen molar-refractivity contribution in [3.63, 3.8) is 0 Å². The lowest BCUT2D eigenvalue weighted by Gasteiger charge is -2.36. The van der Waals surface area contributed by atoms with Crippen LogP contribution < -0.4 is 5.32 Å². The summed E-state index contributed by atoms with van der Waals surface area (Å²) in [5.41, 5.74) is 0. The van der Waals surface area contributed by atoms with E-state index in [0.29, 0.717) is 5.92 Å². The van der Waals surface area contributed by atoms with Crippen LogP contribution in [-0.2, 0) is 14.3 Å². The van der Waals surface area contributed by atoms with E-state index >= 15 is 0 Å². The van der Waals surface area contributed by atoms with Gasteiger partial charge in [-0.15, -0.1) is 0 Å². The zero-order valence-corrected chi connectivity index (χ0v) is 10.8. The molecular weight excluding hydrogens is 206 g/mol. The van der Waals surface area contributed by atoms with Crippen molar-refractivity contribution in [1.29, 1.82) is 0 Å². The molecule has 0 aromatic carbocycles. The van der Waals surface area contributed by atoms with Gasteiger partial charge in [0.05, 0.1) is 18.1 Å². The first-order valence-electron chi connectivity index (χ1n) is 6.01. The van der Waals surface area contributed by atoms with E-state index in [-0.39, 0.29) is 24.0 Å². The molecule has 0 saturated carbocycles. The molecule has 1 heterocycles. The van der Waals surface area contributed by atoms with Gasteiger partial charge in [-0.1, -0.05) is 20.8 Å². The summed E-state index contributed by atoms with van der Waals surface area (Å²) < 4.78 is 11.2. The molecule has 3 atom stereocenters. The molecule has 1 fully saturated rings. The number of hydrogen-bond acceptors (Lipinski definition) is 3. The molecule has 0 radical (unpaired) electrons. The molecule has 0 aromatic rings. The van der Waals surface area contributed by atoms with E-state index in [1.165, 1.54) is 0 Å². The topological polar surface area (TPSA) is 47.6 Å². The van der Waals surface area contributed by atoms with Gasteiger partial charge < -0.3 is 14.8 Å². The number of nitrogens with one attached hydrogen (secondary N) is 1. The lowest BCUT2D eigenvalue weighted by Crippen LogP contribution is -2.53. The minimum Gasteiger partial charge on any atom is -0.333 e. The molecule has 1 amide bonds. The fourth-order valence-corrected chi connectivity index (χ4v) is 1.76. The van der Waals surface area contributed by atoms with Crippen molar-refractivity contribution in [2.45, 2.75) is 59.7 Å². The highest BCUT2D eigenvalue weighted by Crippen LogP contribution is 2.22. The second-order valence-corrected chi connectivity index (χ2v) is 5.12. The lowest BCUT2D eigenvalue weighted by molar-refractivity contribution is -0.232. The third kappa shape index (κ3) is 3.76. The average Bonchev–Trinajstić information content (AvgIpc) is 2.11. The van der Waals surface area contributed by atoms with E-state index < -0.39 is 6.41 Å². The standard InChI is InChI=1S/C12H23NO3/c1-7(2)6-10-9(5)11(14)13-12(16-10)15-8(3)4/h7-10,12H,6H2,1-5H3,(H,13,14)/t9-,10-,12+/m0/s1. The summed E-state index contributed by atoms with van der Waals surface area (Å²) in [7, 11) is 0. The fourth-order valence-electron chi connectivity index (χ4n) is 1.76. The van der Waals surface area contributed by atoms with Gasteiger partial charge in [0.1, 0.15) is 0 Å². The van der Waals surface area contributed by atoms with Crippen LogP contribution in [0.3, 0.4) is 0 Å². The van der Waals surface area contributed by atoms with Gasteiger partial charge in [-0.3, -0.25) is 4.79 Å². The van der Waals surface area contributed by atoms with E-state index in [1.54, 1.807) is 0 Å². The Morgan fingerprint density at radius 1 is 1.38 bits per heavy atom. The lowest BCUT2D eigenvalue weighted by atomic mass is 9.94. The first-order chi connectivity index (χ1) is 7.40. The molecule has 0 unspecified atom stereocenters. The molecule has 1 aliphatic rings. The SMILES string of the molecule is CC(C)C[C@@H]1O[C@@H](OC(C)C)NC(=O)[C@H]1C. The van der Waals surface area contributed by atoms with Gasteiger partial charge >= 0.3 is 0 Å². The van der Waals surface area contributed by atoms with E-state index in [9.17, 15) is 4.79 Å². The Morgan fingerprint density at radius 3 is 2.50 bits per heavy atom. The highest BCUT2D eigenvalue weighted by molar-refractivity contribution is 5.79. The van der Waals surface area contributed by atoms with Crippen LogP contribution in [0.2, 0.25) is 0 Å². The molecule has 0 spiro atoms. The Morgan fingerprint density at radius 2 is 2.00 bits per heavy atom. The van der Waals surface area contributed by atoms with Crippen LogP contribution in [-0.4, -0.2) is 24.5 Å². The Labute approximate surface area is 97.7 Å². The van der Waals surface area contributed by atoms with Crippen molar-refractivity contribution in [3.8, 4) is 0 Å². The molecule has 1 aliphatic heterocycles. The normalized spacial score (nSPS) is 30.9. The van der Waals surface area contributed by atoms with Crippen LogP contribution in [0.1, 0.15) is 41.0 Å². The zero-order valence-electron chi connectivity index (χ0n) is 10.8.